The third-order valence-electron chi connectivity index (χ3n) is 8.51. The molecule has 0 aromatic heterocycles. The fourth-order valence-corrected chi connectivity index (χ4v) is 8.38. The third-order valence-corrected chi connectivity index (χ3v) is 9.94. The van der Waals surface area contributed by atoms with E-state index >= 15 is 0 Å². The summed E-state index contributed by atoms with van der Waals surface area (Å²) in [6, 6.07) is 13.3. The van der Waals surface area contributed by atoms with Crippen molar-refractivity contribution in [2.75, 3.05) is 13.7 Å². The number of imide groups is 1. The van der Waals surface area contributed by atoms with Crippen LogP contribution >= 0.6 is 27.7 Å². The smallest absolute Gasteiger partial charge is 0.293 e. The number of Topliss-reactive ketones (excluding diaryl/α,β-unsaturated/α-hetero) is 1. The molecule has 2 amide bonds. The maximum atomic E-state index is 13.2. The number of amides is 2. The first-order valence-electron chi connectivity index (χ1n) is 12.6. The predicted octanol–water partition coefficient (Wildman–Crippen LogP) is 6.84. The van der Waals surface area contributed by atoms with Crippen molar-refractivity contribution < 1.29 is 19.1 Å². The van der Waals surface area contributed by atoms with Crippen LogP contribution in [0.4, 0.5) is 4.79 Å². The average Bonchev–Trinajstić information content (AvgIpc) is 3.11. The fraction of sp³-hybridized carbons (Fsp3) is 0.414. The van der Waals surface area contributed by atoms with Gasteiger partial charge in [0.15, 0.2) is 5.78 Å². The first-order valence-corrected chi connectivity index (χ1v) is 14.2. The van der Waals surface area contributed by atoms with Gasteiger partial charge in [0.1, 0.15) is 5.75 Å². The van der Waals surface area contributed by atoms with Crippen LogP contribution in [0.15, 0.2) is 51.8 Å². The van der Waals surface area contributed by atoms with Gasteiger partial charge >= 0.3 is 0 Å². The molecule has 0 N–H and O–H groups in total. The second-order valence-corrected chi connectivity index (χ2v) is 12.8. The lowest BCUT2D eigenvalue weighted by molar-refractivity contribution is -0.122. The van der Waals surface area contributed by atoms with Gasteiger partial charge in [0.2, 0.25) is 0 Å². The molecule has 2 aromatic rings. The lowest BCUT2D eigenvalue weighted by atomic mass is 9.48. The number of methoxy groups -OCH3 is 1. The summed E-state index contributed by atoms with van der Waals surface area (Å²) in [6.07, 6.45) is 9.66. The van der Waals surface area contributed by atoms with Gasteiger partial charge in [-0.15, -0.1) is 0 Å². The summed E-state index contributed by atoms with van der Waals surface area (Å²) in [7, 11) is 1.62. The molecule has 0 unspecified atom stereocenters. The quantitative estimate of drug-likeness (QED) is 0.283. The van der Waals surface area contributed by atoms with Crippen molar-refractivity contribution in [3.8, 4) is 5.75 Å². The number of rotatable bonds is 6. The zero-order chi connectivity index (χ0) is 25.0. The van der Waals surface area contributed by atoms with Crippen molar-refractivity contribution in [3.63, 3.8) is 0 Å². The molecular formula is C29H28BrNO4S. The number of carbonyl (C=O) groups excluding carboxylic acids is 3. The standard InChI is InChI=1S/C29H28BrNO4S/c1-35-25-7-4-22(29-13-17-8-18(14-29)10-19(9-17)15-29)11-21(25)12-26-27(33)31(28(34)36-26)16-24(32)20-2-5-23(30)6-3-20/h2-7,11-12,17-19H,8-10,13-16H2,1H3/b26-12+. The number of hydrogen-bond donors (Lipinski definition) is 0. The zero-order valence-electron chi connectivity index (χ0n) is 20.2. The van der Waals surface area contributed by atoms with Crippen molar-refractivity contribution in [1.29, 1.82) is 0 Å². The molecule has 0 atom stereocenters. The zero-order valence-corrected chi connectivity index (χ0v) is 22.6. The highest BCUT2D eigenvalue weighted by molar-refractivity contribution is 9.10. The first-order chi connectivity index (χ1) is 17.3. The molecule has 2 aromatic carbocycles. The number of thioether (sulfide) groups is 1. The Balaban J connectivity index is 1.26. The molecule has 0 radical (unpaired) electrons. The van der Waals surface area contributed by atoms with Crippen LogP contribution in [-0.2, 0) is 10.2 Å². The van der Waals surface area contributed by atoms with E-state index in [1.54, 1.807) is 37.5 Å². The predicted molar refractivity (Wildman–Crippen MR) is 144 cm³/mol. The average molecular weight is 567 g/mol. The summed E-state index contributed by atoms with van der Waals surface area (Å²) in [5.41, 5.74) is 2.83. The maximum absolute atomic E-state index is 13.2. The topological polar surface area (TPSA) is 63.7 Å². The van der Waals surface area contributed by atoms with Crippen molar-refractivity contribution in [2.45, 2.75) is 43.9 Å². The second-order valence-electron chi connectivity index (χ2n) is 10.9. The first kappa shape index (κ1) is 24.0. The largest absolute Gasteiger partial charge is 0.496 e. The van der Waals surface area contributed by atoms with Crippen LogP contribution in [0, 0.1) is 17.8 Å². The van der Waals surface area contributed by atoms with E-state index in [-0.39, 0.29) is 17.7 Å². The molecule has 5 nitrogen and oxygen atoms in total. The highest BCUT2D eigenvalue weighted by Crippen LogP contribution is 2.61. The van der Waals surface area contributed by atoms with E-state index in [4.69, 9.17) is 4.74 Å². The molecule has 186 valence electrons. The van der Waals surface area contributed by atoms with Crippen molar-refractivity contribution in [1.82, 2.24) is 4.90 Å². The molecule has 0 spiro atoms. The van der Waals surface area contributed by atoms with Crippen molar-refractivity contribution in [2.24, 2.45) is 17.8 Å². The van der Waals surface area contributed by atoms with Crippen LogP contribution in [-0.4, -0.2) is 35.5 Å². The van der Waals surface area contributed by atoms with Gasteiger partial charge in [0.05, 0.1) is 18.6 Å². The lowest BCUT2D eigenvalue weighted by Crippen LogP contribution is -2.48. The third kappa shape index (κ3) is 4.24. The van der Waals surface area contributed by atoms with Crippen molar-refractivity contribution >= 4 is 50.7 Å². The fourth-order valence-electron chi connectivity index (χ4n) is 7.29. The molecule has 5 aliphatic rings. The van der Waals surface area contributed by atoms with Gasteiger partial charge < -0.3 is 4.74 Å². The highest BCUT2D eigenvalue weighted by atomic mass is 79.9. The molecular weight excluding hydrogens is 538 g/mol. The normalized spacial score (nSPS) is 29.9. The Morgan fingerprint density at radius 1 is 1.06 bits per heavy atom. The van der Waals surface area contributed by atoms with E-state index in [0.29, 0.717) is 16.2 Å². The summed E-state index contributed by atoms with van der Waals surface area (Å²) in [4.78, 5) is 39.9. The van der Waals surface area contributed by atoms with Crippen LogP contribution in [0.1, 0.15) is 60.0 Å². The number of hydrogen-bond acceptors (Lipinski definition) is 5. The minimum atomic E-state index is -0.433. The van der Waals surface area contributed by atoms with Crippen LogP contribution in [0.25, 0.3) is 6.08 Å². The Hall–Kier alpha value is -2.38. The summed E-state index contributed by atoms with van der Waals surface area (Å²) >= 11 is 4.24. The minimum absolute atomic E-state index is 0.222. The van der Waals surface area contributed by atoms with E-state index in [1.807, 2.05) is 6.07 Å². The van der Waals surface area contributed by atoms with Crippen LogP contribution in [0.3, 0.4) is 0 Å². The van der Waals surface area contributed by atoms with Gasteiger partial charge in [-0.25, -0.2) is 0 Å². The number of halogens is 1. The summed E-state index contributed by atoms with van der Waals surface area (Å²) in [5, 5.41) is -0.423. The van der Waals surface area contributed by atoms with Gasteiger partial charge in [0.25, 0.3) is 11.1 Å². The van der Waals surface area contributed by atoms with E-state index < -0.39 is 11.1 Å². The molecule has 5 fully saturated rings. The number of ether oxygens (including phenoxy) is 1. The summed E-state index contributed by atoms with van der Waals surface area (Å²) < 4.78 is 6.49. The molecule has 4 bridgehead atoms. The van der Waals surface area contributed by atoms with Crippen LogP contribution in [0.2, 0.25) is 0 Å². The number of carbonyl (C=O) groups is 3. The Morgan fingerprint density at radius 2 is 1.69 bits per heavy atom. The monoisotopic (exact) mass is 565 g/mol. The van der Waals surface area contributed by atoms with Crippen LogP contribution < -0.4 is 4.74 Å². The van der Waals surface area contributed by atoms with Gasteiger partial charge in [-0.1, -0.05) is 34.1 Å². The minimum Gasteiger partial charge on any atom is -0.496 e. The second kappa shape index (κ2) is 9.18. The molecule has 7 rings (SSSR count). The Bertz CT molecular complexity index is 1250. The van der Waals surface area contributed by atoms with Crippen molar-refractivity contribution in [3.05, 3.63) is 68.5 Å². The molecule has 4 saturated carbocycles. The van der Waals surface area contributed by atoms with E-state index in [1.165, 1.54) is 44.1 Å². The molecule has 7 heteroatoms. The molecule has 36 heavy (non-hydrogen) atoms. The number of nitrogens with zero attached hydrogens (tertiary/aromatic N) is 1. The Morgan fingerprint density at radius 3 is 2.31 bits per heavy atom. The van der Waals surface area contributed by atoms with Gasteiger partial charge in [-0.05, 0) is 109 Å². The summed E-state index contributed by atoms with van der Waals surface area (Å²) in [6.45, 7) is -0.270. The van der Waals surface area contributed by atoms with E-state index in [2.05, 4.69) is 28.1 Å². The molecule has 1 saturated heterocycles. The number of benzene rings is 2. The Kier molecular flexibility index (Phi) is 6.11. The maximum Gasteiger partial charge on any atom is 0.293 e. The van der Waals surface area contributed by atoms with Gasteiger partial charge in [-0.2, -0.15) is 0 Å². The Labute approximate surface area is 223 Å². The molecule has 1 heterocycles. The molecule has 4 aliphatic carbocycles. The highest BCUT2D eigenvalue weighted by Gasteiger charge is 2.51. The lowest BCUT2D eigenvalue weighted by Gasteiger charge is -2.57. The van der Waals surface area contributed by atoms with E-state index in [9.17, 15) is 14.4 Å². The molecule has 1 aliphatic heterocycles. The van der Waals surface area contributed by atoms with E-state index in [0.717, 1.165) is 44.5 Å². The SMILES string of the molecule is COc1ccc(C23CC4CC(CC(C4)C2)C3)cc1/C=C1/SC(=O)N(CC(=O)c2ccc(Br)cc2)C1=O. The van der Waals surface area contributed by atoms with Gasteiger partial charge in [-0.3, -0.25) is 19.3 Å². The van der Waals surface area contributed by atoms with Crippen LogP contribution in [0.5, 0.6) is 5.75 Å². The van der Waals surface area contributed by atoms with Gasteiger partial charge in [0, 0.05) is 15.6 Å². The number of ketones is 1. The summed E-state index contributed by atoms with van der Waals surface area (Å²) in [5.74, 6) is 2.48.